The highest BCUT2D eigenvalue weighted by atomic mass is 31.2. The van der Waals surface area contributed by atoms with Crippen molar-refractivity contribution in [2.24, 2.45) is 0 Å². The zero-order valence-electron chi connectivity index (χ0n) is 20.0. The summed E-state index contributed by atoms with van der Waals surface area (Å²) in [6.45, 7) is 1.78. The van der Waals surface area contributed by atoms with Crippen molar-refractivity contribution >= 4 is 36.6 Å². The second kappa shape index (κ2) is 10.7. The van der Waals surface area contributed by atoms with Crippen LogP contribution in [0.1, 0.15) is 25.0 Å². The fraction of sp³-hybridized carbons (Fsp3) is 0.409. The number of carboxylic acid groups (broad SMARTS) is 1. The minimum absolute atomic E-state index is 0.190. The van der Waals surface area contributed by atoms with Gasteiger partial charge < -0.3 is 34.1 Å². The number of ether oxygens (including phenoxy) is 3. The lowest BCUT2D eigenvalue weighted by molar-refractivity contribution is -0.152. The van der Waals surface area contributed by atoms with Gasteiger partial charge in [0.15, 0.2) is 29.5 Å². The van der Waals surface area contributed by atoms with E-state index in [2.05, 4.69) is 25.6 Å². The molecule has 2 amide bonds. The van der Waals surface area contributed by atoms with E-state index >= 15 is 0 Å². The summed E-state index contributed by atoms with van der Waals surface area (Å²) in [5.41, 5.74) is 1.39. The Labute approximate surface area is 215 Å². The lowest BCUT2D eigenvalue weighted by Crippen LogP contribution is -2.31. The fourth-order valence-corrected chi connectivity index (χ4v) is 5.12. The van der Waals surface area contributed by atoms with Crippen molar-refractivity contribution in [1.29, 1.82) is 0 Å². The average molecular weight is 548 g/mol. The molecule has 16 heteroatoms. The highest BCUT2D eigenvalue weighted by Crippen LogP contribution is 2.47. The van der Waals surface area contributed by atoms with Crippen molar-refractivity contribution in [1.82, 2.24) is 24.8 Å². The molecule has 2 saturated heterocycles. The normalized spacial score (nSPS) is 26.1. The lowest BCUT2D eigenvalue weighted by Gasteiger charge is -2.22. The highest BCUT2D eigenvalue weighted by molar-refractivity contribution is 7.53. The van der Waals surface area contributed by atoms with Crippen LogP contribution in [0, 0.1) is 0 Å². The number of fused-ring (bicyclic) bond motifs is 2. The number of hydrogen-bond acceptors (Lipinski definition) is 10. The number of imidazole rings is 1. The van der Waals surface area contributed by atoms with Crippen LogP contribution in [-0.2, 0) is 28.1 Å². The van der Waals surface area contributed by atoms with Crippen LogP contribution < -0.4 is 10.6 Å². The van der Waals surface area contributed by atoms with Gasteiger partial charge in [0, 0.05) is 12.1 Å². The van der Waals surface area contributed by atoms with Gasteiger partial charge in [-0.15, -0.1) is 0 Å². The van der Waals surface area contributed by atoms with E-state index in [-0.39, 0.29) is 5.82 Å². The van der Waals surface area contributed by atoms with E-state index in [1.165, 1.54) is 12.7 Å². The van der Waals surface area contributed by atoms with Crippen LogP contribution >= 0.6 is 7.60 Å². The molecule has 4 N–H and O–H groups in total. The lowest BCUT2D eigenvalue weighted by atomic mass is 10.1. The summed E-state index contributed by atoms with van der Waals surface area (Å²) in [6, 6.07) is 8.74. The molecule has 0 spiro atoms. The number of rotatable bonds is 9. The van der Waals surface area contributed by atoms with Crippen LogP contribution in [0.4, 0.5) is 10.6 Å². The van der Waals surface area contributed by atoms with Crippen molar-refractivity contribution in [3.05, 3.63) is 48.5 Å². The van der Waals surface area contributed by atoms with Crippen LogP contribution in [0.25, 0.3) is 11.2 Å². The number of hydrogen-bond donors (Lipinski definition) is 4. The quantitative estimate of drug-likeness (QED) is 0.283. The van der Waals surface area contributed by atoms with E-state index in [1.807, 2.05) is 30.3 Å². The van der Waals surface area contributed by atoms with E-state index < -0.39 is 63.2 Å². The van der Waals surface area contributed by atoms with Crippen LogP contribution in [0.2, 0.25) is 0 Å². The molecule has 3 aromatic rings. The molecule has 202 valence electrons. The van der Waals surface area contributed by atoms with E-state index in [0.717, 1.165) is 5.56 Å². The smallest absolute Gasteiger partial charge is 0.339 e. The Kier molecular flexibility index (Phi) is 7.38. The predicted octanol–water partition coefficient (Wildman–Crippen LogP) is 1.63. The van der Waals surface area contributed by atoms with Crippen molar-refractivity contribution in [2.45, 2.75) is 37.8 Å². The third kappa shape index (κ3) is 5.38. The van der Waals surface area contributed by atoms with Gasteiger partial charge in [-0.2, -0.15) is 0 Å². The van der Waals surface area contributed by atoms with Crippen LogP contribution in [0.3, 0.4) is 0 Å². The summed E-state index contributed by atoms with van der Waals surface area (Å²) >= 11 is 0. The number of carbonyl (C=O) groups is 2. The first-order valence-electron chi connectivity index (χ1n) is 11.7. The summed E-state index contributed by atoms with van der Waals surface area (Å²) in [5.74, 6) is -1.28. The number of nitrogens with one attached hydrogen (secondary N) is 2. The maximum atomic E-state index is 12.2. The van der Waals surface area contributed by atoms with Gasteiger partial charge in [-0.3, -0.25) is 19.2 Å². The molecule has 1 unspecified atom stereocenters. The summed E-state index contributed by atoms with van der Waals surface area (Å²) in [5, 5.41) is 14.1. The van der Waals surface area contributed by atoms with Crippen molar-refractivity contribution in [2.75, 3.05) is 24.6 Å². The zero-order valence-corrected chi connectivity index (χ0v) is 20.9. The number of carboxylic acids is 1. The van der Waals surface area contributed by atoms with E-state index in [9.17, 15) is 19.0 Å². The molecule has 0 bridgehead atoms. The number of benzene rings is 1. The molecule has 0 saturated carbocycles. The Morgan fingerprint density at radius 3 is 2.63 bits per heavy atom. The summed E-state index contributed by atoms with van der Waals surface area (Å²) < 4.78 is 37.3. The van der Waals surface area contributed by atoms with Gasteiger partial charge in [0.25, 0.3) is 0 Å². The molecule has 2 aromatic heterocycles. The van der Waals surface area contributed by atoms with Gasteiger partial charge in [0.2, 0.25) is 0 Å². The van der Waals surface area contributed by atoms with E-state index in [4.69, 9.17) is 23.8 Å². The average Bonchev–Trinajstić information content (AvgIpc) is 3.57. The molecule has 6 atom stereocenters. The Bertz CT molecular complexity index is 1370. The maximum absolute atomic E-state index is 12.2. The molecule has 5 rings (SSSR count). The van der Waals surface area contributed by atoms with E-state index in [0.29, 0.717) is 17.7 Å². The number of urea groups is 1. The van der Waals surface area contributed by atoms with Crippen molar-refractivity contribution < 1.29 is 42.9 Å². The largest absolute Gasteiger partial charge is 0.481 e. The minimum Gasteiger partial charge on any atom is -0.481 e. The highest BCUT2D eigenvalue weighted by Gasteiger charge is 2.54. The molecule has 2 fully saturated rings. The molecular formula is C22H25N6O9P. The predicted molar refractivity (Wildman–Crippen MR) is 129 cm³/mol. The molecule has 1 aromatic carbocycles. The van der Waals surface area contributed by atoms with E-state index in [1.54, 1.807) is 11.5 Å². The van der Waals surface area contributed by atoms with Crippen LogP contribution in [0.5, 0.6) is 0 Å². The Hall–Kier alpha value is -3.46. The molecular weight excluding hydrogens is 523 g/mol. The molecule has 38 heavy (non-hydrogen) atoms. The Morgan fingerprint density at radius 1 is 1.13 bits per heavy atom. The number of aliphatic carboxylic acids is 1. The zero-order chi connectivity index (χ0) is 26.9. The SMILES string of the molecule is CCNC(=O)Nc1ncnc2c1ncn2[C@@H]1O[C@H](COP(=O)(O)CC(=O)O)[C@@H]2O[C@H](c3ccccc3)O[C@@H]21. The third-order valence-electron chi connectivity index (χ3n) is 5.90. The second-order valence-corrected chi connectivity index (χ2v) is 10.4. The van der Waals surface area contributed by atoms with Gasteiger partial charge in [-0.05, 0) is 6.92 Å². The summed E-state index contributed by atoms with van der Waals surface area (Å²) in [6.07, 6.45) is -2.26. The fourth-order valence-electron chi connectivity index (χ4n) is 4.31. The van der Waals surface area contributed by atoms with Gasteiger partial charge >= 0.3 is 19.6 Å². The number of nitrogens with zero attached hydrogens (tertiary/aromatic N) is 4. The summed E-state index contributed by atoms with van der Waals surface area (Å²) in [7, 11) is -4.42. The second-order valence-electron chi connectivity index (χ2n) is 8.52. The summed E-state index contributed by atoms with van der Waals surface area (Å²) in [4.78, 5) is 45.6. The molecule has 15 nitrogen and oxygen atoms in total. The minimum atomic E-state index is -4.42. The maximum Gasteiger partial charge on any atom is 0.339 e. The first-order valence-corrected chi connectivity index (χ1v) is 13.4. The number of anilines is 1. The molecule has 2 aliphatic rings. The van der Waals surface area contributed by atoms with Gasteiger partial charge in [-0.1, -0.05) is 30.3 Å². The molecule has 2 aliphatic heterocycles. The molecule has 4 heterocycles. The monoisotopic (exact) mass is 548 g/mol. The molecule has 0 radical (unpaired) electrons. The molecule has 0 aliphatic carbocycles. The number of carbonyl (C=O) groups excluding carboxylic acids is 1. The topological polar surface area (TPSA) is 196 Å². The number of amides is 2. The van der Waals surface area contributed by atoms with Crippen LogP contribution in [-0.4, -0.2) is 79.1 Å². The first-order chi connectivity index (χ1) is 18.3. The Balaban J connectivity index is 1.43. The van der Waals surface area contributed by atoms with Gasteiger partial charge in [0.1, 0.15) is 30.8 Å². The van der Waals surface area contributed by atoms with Gasteiger partial charge in [0.05, 0.1) is 12.9 Å². The first kappa shape index (κ1) is 26.2. The third-order valence-corrected chi connectivity index (χ3v) is 7.12. The van der Waals surface area contributed by atoms with Gasteiger partial charge in [-0.25, -0.2) is 19.7 Å². The number of aromatic nitrogens is 4. The van der Waals surface area contributed by atoms with Crippen molar-refractivity contribution in [3.63, 3.8) is 0 Å². The van der Waals surface area contributed by atoms with Crippen LogP contribution in [0.15, 0.2) is 43.0 Å². The Morgan fingerprint density at radius 2 is 1.89 bits per heavy atom. The standard InChI is InChI=1S/C22H25N6O9P/c1-2-23-22(31)27-18-15-19(25-10-24-18)28(11-26-15)20-17-16(36-21(37-17)12-6-4-3-5-7-12)13(35-20)8-34-38(32,33)9-14(29)30/h3-7,10-11,13,16-17,20-21H,2,8-9H2,1H3,(H,29,30)(H,32,33)(H2,23,24,25,27,31)/t13-,16+,17+,20-,21+/m1/s1. The van der Waals surface area contributed by atoms with Crippen molar-refractivity contribution in [3.8, 4) is 0 Å².